The van der Waals surface area contributed by atoms with Crippen LogP contribution < -0.4 is 18.9 Å². The lowest BCUT2D eigenvalue weighted by molar-refractivity contribution is 0.0599. The zero-order valence-electron chi connectivity index (χ0n) is 39.3. The van der Waals surface area contributed by atoms with Crippen molar-refractivity contribution in [3.63, 3.8) is 0 Å². The summed E-state index contributed by atoms with van der Waals surface area (Å²) < 4.78 is 28.7. The molecule has 0 heterocycles. The Kier molecular flexibility index (Phi) is 12.7. The van der Waals surface area contributed by atoms with Gasteiger partial charge in [0.2, 0.25) is 0 Å². The van der Waals surface area contributed by atoms with Crippen LogP contribution in [0.1, 0.15) is 32.6 Å². The van der Waals surface area contributed by atoms with Crippen molar-refractivity contribution >= 4 is 50.4 Å². The number of hydrogen-bond donors (Lipinski definition) is 0. The van der Waals surface area contributed by atoms with Gasteiger partial charge in [-0.3, -0.25) is 0 Å². The van der Waals surface area contributed by atoms with E-state index in [1.54, 1.807) is 26.4 Å². The van der Waals surface area contributed by atoms with Gasteiger partial charge in [0, 0.05) is 6.07 Å². The number of rotatable bonds is 15. The summed E-state index contributed by atoms with van der Waals surface area (Å²) in [5.74, 6) is 2.12. The summed E-state index contributed by atoms with van der Waals surface area (Å²) in [6, 6.07) is 64.1. The van der Waals surface area contributed by atoms with Crippen molar-refractivity contribution in [2.24, 2.45) is 0 Å². The zero-order valence-corrected chi connectivity index (χ0v) is 39.3. The number of esters is 1. The minimum Gasteiger partial charge on any atom is -0.497 e. The van der Waals surface area contributed by atoms with E-state index < -0.39 is 5.97 Å². The molecule has 0 spiro atoms. The molecule has 0 aromatic heterocycles. The molecule has 70 heavy (non-hydrogen) atoms. The Bertz CT molecular complexity index is 3520. The maximum Gasteiger partial charge on any atom is 0.338 e. The number of benzene rings is 10. The summed E-state index contributed by atoms with van der Waals surface area (Å²) in [4.78, 5) is 12.9. The smallest absolute Gasteiger partial charge is 0.338 e. The first-order chi connectivity index (χ1) is 34.4. The molecular weight excluding hydrogens is 865 g/mol. The summed E-state index contributed by atoms with van der Waals surface area (Å²) >= 11 is 0. The predicted octanol–water partition coefficient (Wildman–Crippen LogP) is 16.1. The lowest BCUT2D eigenvalue weighted by Crippen LogP contribution is -2.04. The van der Waals surface area contributed by atoms with Crippen LogP contribution in [0, 0.1) is 0 Å². The van der Waals surface area contributed by atoms with E-state index in [4.69, 9.17) is 23.7 Å². The fourth-order valence-electron chi connectivity index (χ4n) is 9.63. The van der Waals surface area contributed by atoms with Gasteiger partial charge in [0.05, 0.1) is 26.9 Å². The number of fused-ring (bicyclic) bond motifs is 3. The quantitative estimate of drug-likeness (QED) is 0.0754. The zero-order chi connectivity index (χ0) is 48.1. The number of ether oxygens (including phenoxy) is 5. The van der Waals surface area contributed by atoms with Gasteiger partial charge in [-0.05, 0) is 135 Å². The number of carbonyl (C=O) groups is 1. The molecule has 0 unspecified atom stereocenters. The Labute approximate surface area is 408 Å². The number of hydrogen-bond acceptors (Lipinski definition) is 6. The third kappa shape index (κ3) is 8.63. The SMILES string of the molecule is C=Cc1c(C=C)c(-c2ccc(OC)cc2)c2ccccc2c1-c1ccc(COc2cc(OCc3ccc(-c4c5ccccc5c(-c5ccc(OC)cc5)c5ccccc45)cc3)cc(C(=O)OC)c2)cc1. The third-order valence-corrected chi connectivity index (χ3v) is 13.0. The molecule has 0 aliphatic rings. The number of carbonyl (C=O) groups excluding carboxylic acids is 1. The highest BCUT2D eigenvalue weighted by Gasteiger charge is 2.20. The van der Waals surface area contributed by atoms with Crippen molar-refractivity contribution < 1.29 is 28.5 Å². The van der Waals surface area contributed by atoms with Gasteiger partial charge >= 0.3 is 5.97 Å². The summed E-state index contributed by atoms with van der Waals surface area (Å²) in [6.45, 7) is 9.03. The highest BCUT2D eigenvalue weighted by atomic mass is 16.5. The van der Waals surface area contributed by atoms with Gasteiger partial charge in [0.25, 0.3) is 0 Å². The molecule has 0 bridgehead atoms. The molecule has 342 valence electrons. The summed E-state index contributed by atoms with van der Waals surface area (Å²) in [5.41, 5.74) is 13.2. The van der Waals surface area contributed by atoms with Crippen LogP contribution in [-0.4, -0.2) is 27.3 Å². The van der Waals surface area contributed by atoms with Crippen LogP contribution >= 0.6 is 0 Å². The minimum atomic E-state index is -0.483. The first kappa shape index (κ1) is 44.9. The average Bonchev–Trinajstić information content (AvgIpc) is 3.42. The second-order valence-electron chi connectivity index (χ2n) is 17.0. The molecule has 0 aliphatic carbocycles. The Morgan fingerprint density at radius 2 is 0.714 bits per heavy atom. The van der Waals surface area contributed by atoms with E-state index in [9.17, 15) is 4.79 Å². The highest BCUT2D eigenvalue weighted by molar-refractivity contribution is 6.21. The predicted molar refractivity (Wildman–Crippen MR) is 287 cm³/mol. The molecule has 6 heteroatoms. The first-order valence-corrected chi connectivity index (χ1v) is 23.1. The second kappa shape index (κ2) is 19.8. The van der Waals surface area contributed by atoms with Crippen LogP contribution in [0.2, 0.25) is 0 Å². The van der Waals surface area contributed by atoms with Gasteiger partial charge in [-0.2, -0.15) is 0 Å². The van der Waals surface area contributed by atoms with E-state index in [-0.39, 0.29) is 13.2 Å². The third-order valence-electron chi connectivity index (χ3n) is 13.0. The molecule has 0 fully saturated rings. The van der Waals surface area contributed by atoms with Crippen LogP contribution in [0.3, 0.4) is 0 Å². The molecule has 10 rings (SSSR count). The Hall–Kier alpha value is -8.87. The highest BCUT2D eigenvalue weighted by Crippen LogP contribution is 2.45. The van der Waals surface area contributed by atoms with Gasteiger partial charge < -0.3 is 23.7 Å². The van der Waals surface area contributed by atoms with E-state index >= 15 is 0 Å². The van der Waals surface area contributed by atoms with Crippen molar-refractivity contribution in [3.05, 3.63) is 229 Å². The van der Waals surface area contributed by atoms with Gasteiger partial charge in [-0.15, -0.1) is 0 Å². The Morgan fingerprint density at radius 3 is 1.03 bits per heavy atom. The molecule has 10 aromatic rings. The van der Waals surface area contributed by atoms with E-state index in [1.807, 2.05) is 42.5 Å². The van der Waals surface area contributed by atoms with Crippen LogP contribution in [0.25, 0.3) is 89.0 Å². The van der Waals surface area contributed by atoms with E-state index in [0.717, 1.165) is 77.9 Å². The van der Waals surface area contributed by atoms with Gasteiger partial charge in [0.15, 0.2) is 0 Å². The molecule has 6 nitrogen and oxygen atoms in total. The normalized spacial score (nSPS) is 11.1. The van der Waals surface area contributed by atoms with Gasteiger partial charge in [-0.25, -0.2) is 4.79 Å². The van der Waals surface area contributed by atoms with Crippen molar-refractivity contribution in [2.45, 2.75) is 13.2 Å². The Morgan fingerprint density at radius 1 is 0.400 bits per heavy atom. The molecule has 10 aromatic carbocycles. The van der Waals surface area contributed by atoms with Gasteiger partial charge in [-0.1, -0.05) is 171 Å². The van der Waals surface area contributed by atoms with E-state index in [0.29, 0.717) is 17.1 Å². The maximum absolute atomic E-state index is 12.9. The molecule has 0 saturated heterocycles. The molecular formula is C64H50O6. The monoisotopic (exact) mass is 914 g/mol. The molecule has 0 atom stereocenters. The van der Waals surface area contributed by atoms with Crippen LogP contribution in [0.5, 0.6) is 23.0 Å². The minimum absolute atomic E-state index is 0.264. The van der Waals surface area contributed by atoms with Crippen molar-refractivity contribution in [1.82, 2.24) is 0 Å². The van der Waals surface area contributed by atoms with Crippen molar-refractivity contribution in [1.29, 1.82) is 0 Å². The molecule has 0 saturated carbocycles. The standard InChI is InChI=1S/C64H50O6/c1-6-52-53(7-2)61(45-28-32-48(66-3)33-29-45)55-15-9-8-14-54(55)60(52)43-24-20-41(21-25-43)39-69-50-36-47(64(65)68-5)37-51(38-50)70-40-42-22-26-44(27-23-42)62-56-16-10-12-18-58(56)63(59-19-13-11-17-57(59)62)46-30-34-49(67-4)35-31-46/h6-38H,1-2,39-40H2,3-5H3. The molecule has 0 N–H and O–H groups in total. The summed E-state index contributed by atoms with van der Waals surface area (Å²) in [6.07, 6.45) is 3.83. The van der Waals surface area contributed by atoms with E-state index in [1.165, 1.54) is 39.8 Å². The van der Waals surface area contributed by atoms with Crippen LogP contribution in [-0.2, 0) is 18.0 Å². The van der Waals surface area contributed by atoms with E-state index in [2.05, 4.69) is 159 Å². The fraction of sp³-hybridized carbons (Fsp3) is 0.0781. The fourth-order valence-corrected chi connectivity index (χ4v) is 9.63. The van der Waals surface area contributed by atoms with Crippen LogP contribution in [0.4, 0.5) is 0 Å². The second-order valence-corrected chi connectivity index (χ2v) is 17.0. The summed E-state index contributed by atoms with van der Waals surface area (Å²) in [5, 5.41) is 6.94. The van der Waals surface area contributed by atoms with Gasteiger partial charge in [0.1, 0.15) is 36.2 Å². The first-order valence-electron chi connectivity index (χ1n) is 23.1. The van der Waals surface area contributed by atoms with Crippen LogP contribution in [0.15, 0.2) is 201 Å². The topological polar surface area (TPSA) is 63.2 Å². The van der Waals surface area contributed by atoms with Crippen molar-refractivity contribution in [3.8, 4) is 67.5 Å². The summed E-state index contributed by atoms with van der Waals surface area (Å²) in [7, 11) is 4.73. The lowest BCUT2D eigenvalue weighted by atomic mass is 9.83. The van der Waals surface area contributed by atoms with Crippen molar-refractivity contribution in [2.75, 3.05) is 21.3 Å². The molecule has 0 radical (unpaired) electrons. The largest absolute Gasteiger partial charge is 0.497 e. The molecule has 0 amide bonds. The Balaban J connectivity index is 0.889. The average molecular weight is 915 g/mol. The number of methoxy groups -OCH3 is 3. The lowest BCUT2D eigenvalue weighted by Gasteiger charge is -2.20. The molecule has 0 aliphatic heterocycles. The maximum atomic E-state index is 12.9.